The van der Waals surface area contributed by atoms with Gasteiger partial charge in [0.15, 0.2) is 0 Å². The molecule has 104 valence electrons. The largest absolute Gasteiger partial charge is 0.377 e. The Balaban J connectivity index is 1.87. The Hall–Kier alpha value is -1.81. The van der Waals surface area contributed by atoms with Crippen LogP contribution in [0.15, 0.2) is 41.2 Å². The van der Waals surface area contributed by atoms with Gasteiger partial charge >= 0.3 is 5.97 Å². The molecule has 20 heavy (non-hydrogen) atoms. The summed E-state index contributed by atoms with van der Waals surface area (Å²) in [6.07, 6.45) is 5.45. The highest BCUT2D eigenvalue weighted by atomic mass is 35.5. The van der Waals surface area contributed by atoms with E-state index < -0.39 is 0 Å². The van der Waals surface area contributed by atoms with Gasteiger partial charge in [0.2, 0.25) is 0 Å². The van der Waals surface area contributed by atoms with Crippen molar-refractivity contribution in [3.05, 3.63) is 46.6 Å². The van der Waals surface area contributed by atoms with E-state index in [1.54, 1.807) is 12.1 Å². The van der Waals surface area contributed by atoms with Crippen molar-refractivity contribution in [2.45, 2.75) is 19.3 Å². The second kappa shape index (κ2) is 5.67. The lowest BCUT2D eigenvalue weighted by Gasteiger charge is -2.25. The summed E-state index contributed by atoms with van der Waals surface area (Å²) >= 11 is 5.88. The van der Waals surface area contributed by atoms with E-state index >= 15 is 0 Å². The van der Waals surface area contributed by atoms with Gasteiger partial charge < -0.3 is 9.74 Å². The first kappa shape index (κ1) is 13.2. The Morgan fingerprint density at radius 1 is 1.15 bits per heavy atom. The first-order chi connectivity index (χ1) is 9.74. The van der Waals surface area contributed by atoms with Crippen LogP contribution in [-0.2, 0) is 9.63 Å². The number of carbonyl (C=O) groups excluding carboxylic acids is 1. The zero-order valence-electron chi connectivity index (χ0n) is 11.0. The minimum Gasteiger partial charge on any atom is -0.377 e. The second-order valence-electron chi connectivity index (χ2n) is 4.96. The number of hydrogen-bond donors (Lipinski definition) is 0. The summed E-state index contributed by atoms with van der Waals surface area (Å²) in [5, 5.41) is 4.55. The average molecular weight is 291 g/mol. The number of halogens is 1. The molecule has 0 saturated carbocycles. The van der Waals surface area contributed by atoms with Crippen LogP contribution in [0.4, 0.5) is 0 Å². The summed E-state index contributed by atoms with van der Waals surface area (Å²) in [6, 6.07) is 7.24. The predicted molar refractivity (Wildman–Crippen MR) is 77.6 cm³/mol. The topological polar surface area (TPSA) is 41.9 Å². The van der Waals surface area contributed by atoms with Gasteiger partial charge in [-0.1, -0.05) is 28.9 Å². The molecule has 0 unspecified atom stereocenters. The van der Waals surface area contributed by atoms with E-state index in [4.69, 9.17) is 16.4 Å². The van der Waals surface area contributed by atoms with Crippen molar-refractivity contribution in [2.75, 3.05) is 13.1 Å². The maximum Gasteiger partial charge on any atom is 0.369 e. The number of likely N-dealkylation sites (tertiary alicyclic amines) is 1. The summed E-state index contributed by atoms with van der Waals surface area (Å²) in [6.45, 7) is 1.95. The molecule has 0 radical (unpaired) electrons. The van der Waals surface area contributed by atoms with Gasteiger partial charge in [-0.3, -0.25) is 0 Å². The molecule has 2 heterocycles. The molecule has 5 heteroatoms. The van der Waals surface area contributed by atoms with E-state index in [0.29, 0.717) is 16.3 Å². The highest BCUT2D eigenvalue weighted by Gasteiger charge is 2.27. The van der Waals surface area contributed by atoms with E-state index in [-0.39, 0.29) is 5.97 Å². The molecule has 2 aliphatic heterocycles. The van der Waals surface area contributed by atoms with Gasteiger partial charge in [0.1, 0.15) is 11.3 Å². The number of piperidine rings is 1. The van der Waals surface area contributed by atoms with Gasteiger partial charge in [-0.15, -0.1) is 0 Å². The molecule has 0 N–H and O–H groups in total. The third-order valence-corrected chi connectivity index (χ3v) is 3.77. The first-order valence-electron chi connectivity index (χ1n) is 6.75. The number of nitrogens with zero attached hydrogens (tertiary/aromatic N) is 2. The lowest BCUT2D eigenvalue weighted by atomic mass is 10.0. The Labute approximate surface area is 122 Å². The van der Waals surface area contributed by atoms with E-state index in [9.17, 15) is 4.79 Å². The van der Waals surface area contributed by atoms with Gasteiger partial charge in [-0.2, -0.15) is 0 Å². The predicted octanol–water partition coefficient (Wildman–Crippen LogP) is 2.97. The standard InChI is InChI=1S/C15H15ClN2O2/c16-12-6-4-11(5-7-12)14-13(15(19)20-17-14)10-18-8-2-1-3-9-18/h4-7,10H,1-3,8-9H2/b13-10-. The van der Waals surface area contributed by atoms with Crippen molar-refractivity contribution in [2.24, 2.45) is 5.16 Å². The van der Waals surface area contributed by atoms with Crippen LogP contribution in [0.25, 0.3) is 0 Å². The number of oxime groups is 1. The highest BCUT2D eigenvalue weighted by molar-refractivity contribution is 6.31. The SMILES string of the molecule is O=C1ON=C(c2ccc(Cl)cc2)/C1=C/N1CCCCC1. The smallest absolute Gasteiger partial charge is 0.369 e. The average Bonchev–Trinajstić information content (AvgIpc) is 2.83. The monoisotopic (exact) mass is 290 g/mol. The van der Waals surface area contributed by atoms with Crippen molar-refractivity contribution < 1.29 is 9.63 Å². The minimum atomic E-state index is -0.388. The van der Waals surface area contributed by atoms with Crippen LogP contribution in [0.5, 0.6) is 0 Å². The van der Waals surface area contributed by atoms with Gasteiger partial charge in [-0.05, 0) is 31.4 Å². The molecule has 3 rings (SSSR count). The van der Waals surface area contributed by atoms with E-state index in [0.717, 1.165) is 31.5 Å². The fourth-order valence-electron chi connectivity index (χ4n) is 2.44. The molecule has 0 bridgehead atoms. The maximum atomic E-state index is 11.8. The van der Waals surface area contributed by atoms with Gasteiger partial charge in [0.05, 0.1) is 0 Å². The second-order valence-corrected chi connectivity index (χ2v) is 5.40. The van der Waals surface area contributed by atoms with Crippen molar-refractivity contribution >= 4 is 23.3 Å². The Morgan fingerprint density at radius 3 is 2.55 bits per heavy atom. The third-order valence-electron chi connectivity index (χ3n) is 3.51. The van der Waals surface area contributed by atoms with Crippen molar-refractivity contribution in [1.29, 1.82) is 0 Å². The van der Waals surface area contributed by atoms with Crippen LogP contribution < -0.4 is 0 Å². The lowest BCUT2D eigenvalue weighted by Crippen LogP contribution is -2.26. The molecule has 1 saturated heterocycles. The van der Waals surface area contributed by atoms with Crippen LogP contribution >= 0.6 is 11.6 Å². The van der Waals surface area contributed by atoms with Crippen molar-refractivity contribution in [1.82, 2.24) is 4.90 Å². The first-order valence-corrected chi connectivity index (χ1v) is 7.13. The molecule has 0 aromatic heterocycles. The molecular formula is C15H15ClN2O2. The van der Waals surface area contributed by atoms with Crippen molar-refractivity contribution in [3.63, 3.8) is 0 Å². The molecule has 0 spiro atoms. The van der Waals surface area contributed by atoms with E-state index in [1.807, 2.05) is 18.3 Å². The fourth-order valence-corrected chi connectivity index (χ4v) is 2.57. The highest BCUT2D eigenvalue weighted by Crippen LogP contribution is 2.21. The molecule has 0 aliphatic carbocycles. The molecule has 0 amide bonds. The van der Waals surface area contributed by atoms with Gasteiger partial charge in [0, 0.05) is 29.9 Å². The van der Waals surface area contributed by atoms with Gasteiger partial charge in [0.25, 0.3) is 0 Å². The number of hydrogen-bond acceptors (Lipinski definition) is 4. The van der Waals surface area contributed by atoms with Crippen LogP contribution in [-0.4, -0.2) is 29.7 Å². The summed E-state index contributed by atoms with van der Waals surface area (Å²) in [5.41, 5.74) is 1.94. The summed E-state index contributed by atoms with van der Waals surface area (Å²) in [7, 11) is 0. The molecule has 1 aromatic rings. The quantitative estimate of drug-likeness (QED) is 0.621. The van der Waals surface area contributed by atoms with E-state index in [1.165, 1.54) is 6.42 Å². The number of benzene rings is 1. The van der Waals surface area contributed by atoms with Gasteiger partial charge in [-0.25, -0.2) is 4.79 Å². The molecule has 2 aliphatic rings. The lowest BCUT2D eigenvalue weighted by molar-refractivity contribution is -0.136. The number of rotatable bonds is 2. The summed E-state index contributed by atoms with van der Waals surface area (Å²) in [5.74, 6) is -0.388. The fraction of sp³-hybridized carbons (Fsp3) is 0.333. The van der Waals surface area contributed by atoms with Crippen LogP contribution in [0.2, 0.25) is 5.02 Å². The Kier molecular flexibility index (Phi) is 3.74. The normalized spacial score (nSPS) is 21.1. The van der Waals surface area contributed by atoms with Crippen LogP contribution in [0.1, 0.15) is 24.8 Å². The zero-order chi connectivity index (χ0) is 13.9. The zero-order valence-corrected chi connectivity index (χ0v) is 11.8. The Morgan fingerprint density at radius 2 is 1.85 bits per heavy atom. The molecule has 1 fully saturated rings. The third kappa shape index (κ3) is 2.70. The molecule has 0 atom stereocenters. The van der Waals surface area contributed by atoms with Crippen LogP contribution in [0, 0.1) is 0 Å². The summed E-state index contributed by atoms with van der Waals surface area (Å²) in [4.78, 5) is 18.8. The molecule has 4 nitrogen and oxygen atoms in total. The maximum absolute atomic E-state index is 11.8. The number of carbonyl (C=O) groups is 1. The van der Waals surface area contributed by atoms with E-state index in [2.05, 4.69) is 10.1 Å². The molecular weight excluding hydrogens is 276 g/mol. The van der Waals surface area contributed by atoms with Crippen LogP contribution in [0.3, 0.4) is 0 Å². The minimum absolute atomic E-state index is 0.388. The Bertz CT molecular complexity index is 572. The molecule has 1 aromatic carbocycles. The summed E-state index contributed by atoms with van der Waals surface area (Å²) < 4.78 is 0. The van der Waals surface area contributed by atoms with Crippen molar-refractivity contribution in [3.8, 4) is 0 Å².